The van der Waals surface area contributed by atoms with Gasteiger partial charge in [-0.1, -0.05) is 6.07 Å². The minimum atomic E-state index is 0.417. The summed E-state index contributed by atoms with van der Waals surface area (Å²) >= 11 is 5.98. The number of nitrogens with zero attached hydrogens (tertiary/aromatic N) is 2. The summed E-state index contributed by atoms with van der Waals surface area (Å²) in [6.07, 6.45) is 3.59. The van der Waals surface area contributed by atoms with Crippen LogP contribution >= 0.6 is 11.6 Å². The van der Waals surface area contributed by atoms with Crippen molar-refractivity contribution in [3.63, 3.8) is 0 Å². The van der Waals surface area contributed by atoms with Crippen molar-refractivity contribution < 1.29 is 4.74 Å². The third kappa shape index (κ3) is 2.23. The maximum atomic E-state index is 5.99. The first-order valence-electron chi connectivity index (χ1n) is 6.57. The van der Waals surface area contributed by atoms with E-state index in [2.05, 4.69) is 17.2 Å². The molecule has 0 bridgehead atoms. The third-order valence-corrected chi connectivity index (χ3v) is 3.97. The zero-order chi connectivity index (χ0) is 13.4. The number of hydrogen-bond acceptors (Lipinski definition) is 2. The molecule has 1 aliphatic carbocycles. The Bertz CT molecular complexity index is 619. The molecule has 100 valence electrons. The Labute approximate surface area is 118 Å². The van der Waals surface area contributed by atoms with E-state index < -0.39 is 0 Å². The first kappa shape index (κ1) is 12.5. The average Bonchev–Trinajstić information content (AvgIpc) is 2.94. The van der Waals surface area contributed by atoms with Gasteiger partial charge in [-0.3, -0.25) is 0 Å². The lowest BCUT2D eigenvalue weighted by Crippen LogP contribution is -1.97. The Kier molecular flexibility index (Phi) is 3.23. The predicted octanol–water partition coefficient (Wildman–Crippen LogP) is 3.75. The second-order valence-electron chi connectivity index (χ2n) is 5.01. The maximum Gasteiger partial charge on any atom is 0.222 e. The van der Waals surface area contributed by atoms with Crippen LogP contribution in [0.2, 0.25) is 0 Å². The molecular formula is C15H17ClN2O. The number of benzene rings is 1. The van der Waals surface area contributed by atoms with Gasteiger partial charge in [0.15, 0.2) is 0 Å². The Morgan fingerprint density at radius 3 is 2.89 bits per heavy atom. The topological polar surface area (TPSA) is 27.1 Å². The first-order chi connectivity index (χ1) is 9.19. The fourth-order valence-electron chi connectivity index (χ4n) is 2.69. The van der Waals surface area contributed by atoms with Crippen molar-refractivity contribution in [2.24, 2.45) is 7.05 Å². The summed E-state index contributed by atoms with van der Waals surface area (Å²) in [5.74, 6) is 2.03. The van der Waals surface area contributed by atoms with Crippen LogP contribution in [0.3, 0.4) is 0 Å². The van der Waals surface area contributed by atoms with E-state index in [9.17, 15) is 0 Å². The van der Waals surface area contributed by atoms with Crippen molar-refractivity contribution in [1.82, 2.24) is 9.78 Å². The molecule has 1 aromatic heterocycles. The van der Waals surface area contributed by atoms with Crippen LogP contribution in [0.1, 0.15) is 28.8 Å². The molecule has 0 spiro atoms. The van der Waals surface area contributed by atoms with Crippen molar-refractivity contribution in [2.45, 2.75) is 32.1 Å². The smallest absolute Gasteiger partial charge is 0.222 e. The van der Waals surface area contributed by atoms with Gasteiger partial charge in [-0.25, -0.2) is 4.68 Å². The molecule has 0 unspecified atom stereocenters. The van der Waals surface area contributed by atoms with E-state index in [0.717, 1.165) is 29.3 Å². The third-order valence-electron chi connectivity index (χ3n) is 3.71. The Morgan fingerprint density at radius 2 is 2.11 bits per heavy atom. The first-order valence-corrected chi connectivity index (χ1v) is 7.10. The van der Waals surface area contributed by atoms with Crippen molar-refractivity contribution in [1.29, 1.82) is 0 Å². The number of hydrogen-bond donors (Lipinski definition) is 0. The molecule has 2 aromatic rings. The van der Waals surface area contributed by atoms with Crippen molar-refractivity contribution in [2.75, 3.05) is 0 Å². The zero-order valence-corrected chi connectivity index (χ0v) is 12.0. The summed E-state index contributed by atoms with van der Waals surface area (Å²) in [6.45, 7) is 1.95. The highest BCUT2D eigenvalue weighted by Crippen LogP contribution is 2.31. The van der Waals surface area contributed by atoms with Gasteiger partial charge in [-0.05, 0) is 49.4 Å². The molecule has 0 radical (unpaired) electrons. The molecule has 0 amide bonds. The van der Waals surface area contributed by atoms with E-state index in [4.69, 9.17) is 16.3 Å². The van der Waals surface area contributed by atoms with Gasteiger partial charge in [0.25, 0.3) is 0 Å². The number of fused-ring (bicyclic) bond motifs is 1. The molecule has 1 aromatic carbocycles. The number of halogens is 1. The van der Waals surface area contributed by atoms with E-state index >= 15 is 0 Å². The number of alkyl halides is 1. The summed E-state index contributed by atoms with van der Waals surface area (Å²) in [7, 11) is 1.88. The van der Waals surface area contributed by atoms with Gasteiger partial charge >= 0.3 is 0 Å². The molecule has 0 fully saturated rings. The second kappa shape index (κ2) is 4.89. The van der Waals surface area contributed by atoms with Crippen LogP contribution in [-0.4, -0.2) is 9.78 Å². The lowest BCUT2D eigenvalue weighted by atomic mass is 10.1. The van der Waals surface area contributed by atoms with Crippen LogP contribution in [0.5, 0.6) is 11.6 Å². The largest absolute Gasteiger partial charge is 0.439 e. The summed E-state index contributed by atoms with van der Waals surface area (Å²) in [5, 5.41) is 4.36. The summed E-state index contributed by atoms with van der Waals surface area (Å²) in [5.41, 5.74) is 4.74. The Morgan fingerprint density at radius 1 is 1.32 bits per heavy atom. The van der Waals surface area contributed by atoms with E-state index in [-0.39, 0.29) is 0 Å². The number of ether oxygens (including phenoxy) is 1. The molecule has 19 heavy (non-hydrogen) atoms. The zero-order valence-electron chi connectivity index (χ0n) is 11.2. The summed E-state index contributed by atoms with van der Waals surface area (Å²) < 4.78 is 7.74. The van der Waals surface area contributed by atoms with Crippen LogP contribution in [0, 0.1) is 6.92 Å². The number of aryl methyl sites for hydroxylation is 4. The highest BCUT2D eigenvalue weighted by atomic mass is 35.5. The van der Waals surface area contributed by atoms with E-state index in [1.54, 1.807) is 4.68 Å². The van der Waals surface area contributed by atoms with Gasteiger partial charge in [0.1, 0.15) is 5.75 Å². The molecule has 1 heterocycles. The van der Waals surface area contributed by atoms with Crippen LogP contribution in [-0.2, 0) is 25.8 Å². The Balaban J connectivity index is 1.93. The standard InChI is InChI=1S/C15H17ClN2O/c1-10-14(9-16)15(18(2)17-10)19-13-7-6-11-4-3-5-12(11)8-13/h6-8H,3-5,9H2,1-2H3. The minimum absolute atomic E-state index is 0.417. The molecule has 0 saturated carbocycles. The van der Waals surface area contributed by atoms with E-state index in [1.165, 1.54) is 24.0 Å². The molecular weight excluding hydrogens is 260 g/mol. The van der Waals surface area contributed by atoms with E-state index in [1.807, 2.05) is 20.0 Å². The molecule has 0 atom stereocenters. The van der Waals surface area contributed by atoms with Gasteiger partial charge in [0.2, 0.25) is 5.88 Å². The quantitative estimate of drug-likeness (QED) is 0.799. The van der Waals surface area contributed by atoms with Crippen molar-refractivity contribution in [3.8, 4) is 11.6 Å². The molecule has 0 N–H and O–H groups in total. The molecule has 0 saturated heterocycles. The van der Waals surface area contributed by atoms with Crippen LogP contribution in [0.25, 0.3) is 0 Å². The molecule has 0 aliphatic heterocycles. The van der Waals surface area contributed by atoms with Gasteiger partial charge < -0.3 is 4.74 Å². The highest BCUT2D eigenvalue weighted by Gasteiger charge is 2.16. The van der Waals surface area contributed by atoms with Gasteiger partial charge in [0.05, 0.1) is 17.1 Å². The predicted molar refractivity (Wildman–Crippen MR) is 76.0 cm³/mol. The van der Waals surface area contributed by atoms with Crippen LogP contribution in [0.15, 0.2) is 18.2 Å². The maximum absolute atomic E-state index is 5.99. The van der Waals surface area contributed by atoms with Gasteiger partial charge in [0, 0.05) is 7.05 Å². The highest BCUT2D eigenvalue weighted by molar-refractivity contribution is 6.17. The van der Waals surface area contributed by atoms with Gasteiger partial charge in [-0.15, -0.1) is 11.6 Å². The van der Waals surface area contributed by atoms with Crippen molar-refractivity contribution in [3.05, 3.63) is 40.6 Å². The van der Waals surface area contributed by atoms with Crippen molar-refractivity contribution >= 4 is 11.6 Å². The number of rotatable bonds is 3. The van der Waals surface area contributed by atoms with Gasteiger partial charge in [-0.2, -0.15) is 5.10 Å². The average molecular weight is 277 g/mol. The van der Waals surface area contributed by atoms with E-state index in [0.29, 0.717) is 5.88 Å². The number of aromatic nitrogens is 2. The second-order valence-corrected chi connectivity index (χ2v) is 5.28. The monoisotopic (exact) mass is 276 g/mol. The lowest BCUT2D eigenvalue weighted by Gasteiger charge is -2.09. The fraction of sp³-hybridized carbons (Fsp3) is 0.400. The van der Waals surface area contributed by atoms with Crippen LogP contribution in [0.4, 0.5) is 0 Å². The molecule has 4 heteroatoms. The normalized spacial score (nSPS) is 13.6. The lowest BCUT2D eigenvalue weighted by molar-refractivity contribution is 0.427. The SMILES string of the molecule is Cc1nn(C)c(Oc2ccc3c(c2)CCC3)c1CCl. The minimum Gasteiger partial charge on any atom is -0.439 e. The summed E-state index contributed by atoms with van der Waals surface area (Å²) in [6, 6.07) is 6.34. The molecule has 3 nitrogen and oxygen atoms in total. The Hall–Kier alpha value is -1.48. The summed E-state index contributed by atoms with van der Waals surface area (Å²) in [4.78, 5) is 0. The van der Waals surface area contributed by atoms with Crippen LogP contribution < -0.4 is 4.74 Å². The molecule has 3 rings (SSSR count). The fourth-order valence-corrected chi connectivity index (χ4v) is 2.99. The molecule has 1 aliphatic rings.